The van der Waals surface area contributed by atoms with Crippen molar-refractivity contribution in [3.63, 3.8) is 0 Å². The van der Waals surface area contributed by atoms with Crippen LogP contribution in [0, 0.1) is 11.7 Å². The summed E-state index contributed by atoms with van der Waals surface area (Å²) in [7, 11) is 0. The summed E-state index contributed by atoms with van der Waals surface area (Å²) in [6, 6.07) is 11.4. The highest BCUT2D eigenvalue weighted by molar-refractivity contribution is 9.10. The highest BCUT2D eigenvalue weighted by atomic mass is 79.9. The van der Waals surface area contributed by atoms with E-state index in [0.717, 1.165) is 34.6 Å². The molecule has 2 aromatic carbocycles. The Morgan fingerprint density at radius 3 is 2.60 bits per heavy atom. The van der Waals surface area contributed by atoms with E-state index in [-0.39, 0.29) is 36.5 Å². The normalized spacial score (nSPS) is 18.1. The van der Waals surface area contributed by atoms with Crippen LogP contribution >= 0.6 is 15.9 Å². The molecule has 1 N–H and O–H groups in total. The van der Waals surface area contributed by atoms with Crippen LogP contribution in [-0.4, -0.2) is 48.8 Å². The molecule has 2 aromatic rings. The van der Waals surface area contributed by atoms with Crippen LogP contribution in [0.15, 0.2) is 46.9 Å². The second-order valence-corrected chi connectivity index (χ2v) is 8.50. The van der Waals surface area contributed by atoms with Gasteiger partial charge in [0.2, 0.25) is 5.91 Å². The Bertz CT molecular complexity index is 996. The van der Waals surface area contributed by atoms with Gasteiger partial charge < -0.3 is 10.2 Å². The number of hydrogen-bond donors (Lipinski definition) is 1. The molecule has 2 aliphatic heterocycles. The van der Waals surface area contributed by atoms with E-state index in [2.05, 4.69) is 26.1 Å². The summed E-state index contributed by atoms with van der Waals surface area (Å²) >= 11 is 3.30. The molecular weight excluding hydrogens is 453 g/mol. The monoisotopic (exact) mass is 473 g/mol. The molecule has 30 heavy (non-hydrogen) atoms. The third-order valence-corrected chi connectivity index (χ3v) is 6.05. The Morgan fingerprint density at radius 2 is 1.83 bits per heavy atom. The van der Waals surface area contributed by atoms with Gasteiger partial charge in [-0.1, -0.05) is 15.9 Å². The van der Waals surface area contributed by atoms with E-state index in [0.29, 0.717) is 23.6 Å². The van der Waals surface area contributed by atoms with Crippen molar-refractivity contribution in [2.75, 3.05) is 31.1 Å². The summed E-state index contributed by atoms with van der Waals surface area (Å²) in [6.45, 7) is 2.24. The molecule has 0 saturated carbocycles. The van der Waals surface area contributed by atoms with Gasteiger partial charge >= 0.3 is 0 Å². The Balaban J connectivity index is 1.24. The number of carbonyl (C=O) groups is 3. The molecule has 2 heterocycles. The van der Waals surface area contributed by atoms with Crippen LogP contribution in [0.2, 0.25) is 0 Å². The molecule has 1 saturated heterocycles. The lowest BCUT2D eigenvalue weighted by atomic mass is 10.1. The van der Waals surface area contributed by atoms with Crippen LogP contribution in [0.5, 0.6) is 0 Å². The van der Waals surface area contributed by atoms with Crippen LogP contribution in [0.25, 0.3) is 0 Å². The first-order valence-electron chi connectivity index (χ1n) is 9.85. The quantitative estimate of drug-likeness (QED) is 0.653. The number of nitrogens with one attached hydrogen (secondary N) is 1. The van der Waals surface area contributed by atoms with Gasteiger partial charge in [-0.25, -0.2) is 4.39 Å². The fourth-order valence-corrected chi connectivity index (χ4v) is 4.27. The van der Waals surface area contributed by atoms with E-state index in [4.69, 9.17) is 0 Å². The molecule has 0 aliphatic carbocycles. The molecule has 3 amide bonds. The maximum absolute atomic E-state index is 13.1. The number of hydrogen-bond acceptors (Lipinski definition) is 4. The lowest BCUT2D eigenvalue weighted by molar-refractivity contribution is -0.121. The maximum atomic E-state index is 13.1. The lowest BCUT2D eigenvalue weighted by Gasteiger charge is -2.19. The Labute approximate surface area is 182 Å². The van der Waals surface area contributed by atoms with E-state index < -0.39 is 0 Å². The predicted octanol–water partition coefficient (Wildman–Crippen LogP) is 3.22. The third-order valence-electron chi connectivity index (χ3n) is 5.56. The minimum absolute atomic E-state index is 0.0577. The number of nitrogens with zero attached hydrogens (tertiary/aromatic N) is 2. The minimum Gasteiger partial charge on any atom is -0.371 e. The second kappa shape index (κ2) is 8.55. The number of rotatable bonds is 6. The molecule has 156 valence electrons. The van der Waals surface area contributed by atoms with Crippen molar-refractivity contribution in [3.05, 3.63) is 63.9 Å². The first kappa shape index (κ1) is 20.5. The number of anilines is 1. The van der Waals surface area contributed by atoms with Gasteiger partial charge in [-0.15, -0.1) is 0 Å². The Hall–Kier alpha value is -2.74. The standard InChI is InChI=1S/C22H21BrFN3O3/c23-15-1-6-18-19(11-15)22(30)27(21(18)29)10-8-20(28)25-12-14-7-9-26(13-14)17-4-2-16(24)3-5-17/h1-6,11,14H,7-10,12-13H2,(H,25,28). The van der Waals surface area contributed by atoms with Gasteiger partial charge in [0, 0.05) is 42.8 Å². The average Bonchev–Trinajstić information content (AvgIpc) is 3.29. The van der Waals surface area contributed by atoms with Gasteiger partial charge in [0.25, 0.3) is 11.8 Å². The average molecular weight is 474 g/mol. The number of halogens is 2. The number of amides is 3. The van der Waals surface area contributed by atoms with Gasteiger partial charge in [0.05, 0.1) is 11.1 Å². The highest BCUT2D eigenvalue weighted by Gasteiger charge is 2.35. The van der Waals surface area contributed by atoms with Crippen LogP contribution in [0.1, 0.15) is 33.6 Å². The third kappa shape index (κ3) is 4.23. The Morgan fingerprint density at radius 1 is 1.10 bits per heavy atom. The maximum Gasteiger partial charge on any atom is 0.261 e. The Kier molecular flexibility index (Phi) is 5.85. The molecule has 0 spiro atoms. The molecule has 1 unspecified atom stereocenters. The van der Waals surface area contributed by atoms with Crippen molar-refractivity contribution in [1.82, 2.24) is 10.2 Å². The summed E-state index contributed by atoms with van der Waals surface area (Å²) in [5, 5.41) is 2.91. The predicted molar refractivity (Wildman–Crippen MR) is 114 cm³/mol. The van der Waals surface area contributed by atoms with E-state index in [9.17, 15) is 18.8 Å². The van der Waals surface area contributed by atoms with Crippen LogP contribution in [-0.2, 0) is 4.79 Å². The first-order valence-corrected chi connectivity index (χ1v) is 10.6. The molecule has 6 nitrogen and oxygen atoms in total. The van der Waals surface area contributed by atoms with Crippen LogP contribution in [0.4, 0.5) is 10.1 Å². The summed E-state index contributed by atoms with van der Waals surface area (Å²) in [6.07, 6.45) is 1.01. The first-order chi connectivity index (χ1) is 14.4. The molecule has 1 fully saturated rings. The SMILES string of the molecule is O=C(CCN1C(=O)c2ccc(Br)cc2C1=O)NCC1CCN(c2ccc(F)cc2)C1. The largest absolute Gasteiger partial charge is 0.371 e. The zero-order valence-corrected chi connectivity index (χ0v) is 17.8. The zero-order chi connectivity index (χ0) is 21.3. The molecule has 0 aromatic heterocycles. The van der Waals surface area contributed by atoms with Crippen molar-refractivity contribution in [2.45, 2.75) is 12.8 Å². The summed E-state index contributed by atoms with van der Waals surface area (Å²) < 4.78 is 13.8. The van der Waals surface area contributed by atoms with Gasteiger partial charge in [-0.3, -0.25) is 19.3 Å². The van der Waals surface area contributed by atoms with Crippen molar-refractivity contribution < 1.29 is 18.8 Å². The van der Waals surface area contributed by atoms with Crippen molar-refractivity contribution >= 4 is 39.3 Å². The van der Waals surface area contributed by atoms with Gasteiger partial charge in [-0.05, 0) is 54.8 Å². The van der Waals surface area contributed by atoms with E-state index in [1.165, 1.54) is 12.1 Å². The van der Waals surface area contributed by atoms with E-state index >= 15 is 0 Å². The van der Waals surface area contributed by atoms with E-state index in [1.54, 1.807) is 30.3 Å². The fraction of sp³-hybridized carbons (Fsp3) is 0.318. The van der Waals surface area contributed by atoms with Gasteiger partial charge in [0.15, 0.2) is 0 Å². The fourth-order valence-electron chi connectivity index (χ4n) is 3.91. The molecule has 0 bridgehead atoms. The molecule has 8 heteroatoms. The number of fused-ring (bicyclic) bond motifs is 1. The molecular formula is C22H21BrFN3O3. The van der Waals surface area contributed by atoms with Crippen LogP contribution < -0.4 is 10.2 Å². The lowest BCUT2D eigenvalue weighted by Crippen LogP contribution is -2.36. The molecule has 0 radical (unpaired) electrons. The number of carbonyl (C=O) groups excluding carboxylic acids is 3. The van der Waals surface area contributed by atoms with Crippen molar-refractivity contribution in [3.8, 4) is 0 Å². The van der Waals surface area contributed by atoms with Gasteiger partial charge in [-0.2, -0.15) is 0 Å². The van der Waals surface area contributed by atoms with Crippen LogP contribution in [0.3, 0.4) is 0 Å². The topological polar surface area (TPSA) is 69.7 Å². The summed E-state index contributed by atoms with van der Waals surface area (Å²) in [5.74, 6) is -0.869. The van der Waals surface area contributed by atoms with E-state index in [1.807, 2.05) is 0 Å². The smallest absolute Gasteiger partial charge is 0.261 e. The minimum atomic E-state index is -0.366. The number of imide groups is 1. The molecule has 1 atom stereocenters. The highest BCUT2D eigenvalue weighted by Crippen LogP contribution is 2.26. The summed E-state index contributed by atoms with van der Waals surface area (Å²) in [4.78, 5) is 40.4. The second-order valence-electron chi connectivity index (χ2n) is 7.58. The zero-order valence-electron chi connectivity index (χ0n) is 16.2. The van der Waals surface area contributed by atoms with Gasteiger partial charge in [0.1, 0.15) is 5.82 Å². The molecule has 2 aliphatic rings. The molecule has 4 rings (SSSR count). The number of benzene rings is 2. The summed E-state index contributed by atoms with van der Waals surface area (Å²) in [5.41, 5.74) is 1.71. The van der Waals surface area contributed by atoms with Crippen molar-refractivity contribution in [2.24, 2.45) is 5.92 Å². The van der Waals surface area contributed by atoms with Crippen molar-refractivity contribution in [1.29, 1.82) is 0 Å².